The van der Waals surface area contributed by atoms with Crippen LogP contribution in [0.2, 0.25) is 11.1 Å². The van der Waals surface area contributed by atoms with Crippen molar-refractivity contribution in [3.63, 3.8) is 0 Å². The Balaban J connectivity index is 0. The maximum Gasteiger partial charge on any atom is 0.0437 e. The van der Waals surface area contributed by atoms with Gasteiger partial charge in [0.25, 0.3) is 0 Å². The van der Waals surface area contributed by atoms with Crippen molar-refractivity contribution in [2.24, 2.45) is 0 Å². The monoisotopic (exact) mass is 131 g/mol. The molecule has 1 nitrogen and oxygen atoms in total. The van der Waals surface area contributed by atoms with Gasteiger partial charge in [0.05, 0.1) is 0 Å². The maximum atomic E-state index is 2.28. The van der Waals surface area contributed by atoms with Gasteiger partial charge in [-0.15, -0.1) is 0 Å². The molecule has 0 aromatic carbocycles. The molecular formula is C6H17NSi. The molecule has 0 aromatic heterocycles. The molecule has 2 radical (unpaired) electrons. The number of hydrogen-bond donors (Lipinski definition) is 1. The van der Waals surface area contributed by atoms with Crippen LogP contribution in [0.1, 0.15) is 27.7 Å². The average molecular weight is 131 g/mol. The van der Waals surface area contributed by atoms with Gasteiger partial charge < -0.3 is 6.15 Å². The van der Waals surface area contributed by atoms with Crippen LogP contribution in [0.5, 0.6) is 0 Å². The molecule has 0 spiro atoms. The lowest BCUT2D eigenvalue weighted by atomic mass is 10.5. The molecule has 0 atom stereocenters. The van der Waals surface area contributed by atoms with Gasteiger partial charge in [-0.1, -0.05) is 38.8 Å². The predicted octanol–water partition coefficient (Wildman–Crippen LogP) is 2.51. The summed E-state index contributed by atoms with van der Waals surface area (Å²) in [5.41, 5.74) is 1.81. The Kier molecular flexibility index (Phi) is 7.34. The highest BCUT2D eigenvalue weighted by Crippen LogP contribution is 2.07. The van der Waals surface area contributed by atoms with E-state index in [1.807, 2.05) is 0 Å². The van der Waals surface area contributed by atoms with Gasteiger partial charge in [0.1, 0.15) is 0 Å². The molecule has 0 aliphatic carbocycles. The zero-order chi connectivity index (χ0) is 5.86. The standard InChI is InChI=1S/C6H14Si.H3N/c1-5(2)7-6(3)4;/h5-6H,1-4H3;1H3. The first kappa shape index (κ1) is 11.0. The molecule has 0 aliphatic heterocycles. The van der Waals surface area contributed by atoms with Gasteiger partial charge in [0, 0.05) is 9.52 Å². The van der Waals surface area contributed by atoms with E-state index in [4.69, 9.17) is 0 Å². The normalized spacial score (nSPS) is 9.75. The molecular weight excluding hydrogens is 114 g/mol. The lowest BCUT2D eigenvalue weighted by molar-refractivity contribution is 0.971. The molecule has 0 aliphatic rings. The van der Waals surface area contributed by atoms with Crippen molar-refractivity contribution >= 4 is 9.52 Å². The molecule has 0 aromatic rings. The maximum absolute atomic E-state index is 2.28. The van der Waals surface area contributed by atoms with Crippen LogP contribution >= 0.6 is 0 Å². The Labute approximate surface area is 55.3 Å². The summed E-state index contributed by atoms with van der Waals surface area (Å²) in [7, 11) is 1.15. The summed E-state index contributed by atoms with van der Waals surface area (Å²) in [6.45, 7) is 9.10. The van der Waals surface area contributed by atoms with Crippen molar-refractivity contribution in [3.8, 4) is 0 Å². The van der Waals surface area contributed by atoms with E-state index in [0.29, 0.717) is 0 Å². The minimum absolute atomic E-state index is 0. The van der Waals surface area contributed by atoms with Gasteiger partial charge in [0.15, 0.2) is 0 Å². The lowest BCUT2D eigenvalue weighted by Crippen LogP contribution is -1.98. The van der Waals surface area contributed by atoms with Gasteiger partial charge in [-0.2, -0.15) is 0 Å². The van der Waals surface area contributed by atoms with Crippen LogP contribution in [-0.2, 0) is 0 Å². The van der Waals surface area contributed by atoms with Crippen LogP contribution in [0.25, 0.3) is 0 Å². The Hall–Kier alpha value is 0.177. The second-order valence-corrected chi connectivity index (χ2v) is 5.12. The fourth-order valence-corrected chi connectivity index (χ4v) is 2.00. The summed E-state index contributed by atoms with van der Waals surface area (Å²) in [5, 5.41) is 0. The summed E-state index contributed by atoms with van der Waals surface area (Å²) in [5.74, 6) is 0. The topological polar surface area (TPSA) is 35.0 Å². The fraction of sp³-hybridized carbons (Fsp3) is 1.00. The summed E-state index contributed by atoms with van der Waals surface area (Å²) in [4.78, 5) is 0. The first-order chi connectivity index (χ1) is 3.13. The molecule has 0 unspecified atom stereocenters. The van der Waals surface area contributed by atoms with Crippen molar-refractivity contribution in [1.82, 2.24) is 6.15 Å². The Morgan fingerprint density at radius 2 is 1.12 bits per heavy atom. The predicted molar refractivity (Wildman–Crippen MR) is 41.0 cm³/mol. The smallest absolute Gasteiger partial charge is 0.0437 e. The highest BCUT2D eigenvalue weighted by molar-refractivity contribution is 6.38. The summed E-state index contributed by atoms with van der Waals surface area (Å²) in [6, 6.07) is 0. The van der Waals surface area contributed by atoms with Crippen molar-refractivity contribution in [3.05, 3.63) is 0 Å². The molecule has 2 heteroatoms. The second-order valence-electron chi connectivity index (χ2n) is 2.48. The Bertz CT molecular complexity index is 37.8. The molecule has 3 N–H and O–H groups in total. The molecule has 0 rings (SSSR count). The summed E-state index contributed by atoms with van der Waals surface area (Å²) < 4.78 is 0. The van der Waals surface area contributed by atoms with Gasteiger partial charge in [-0.05, 0) is 0 Å². The number of hydrogen-bond acceptors (Lipinski definition) is 1. The van der Waals surface area contributed by atoms with Crippen molar-refractivity contribution in [2.45, 2.75) is 38.8 Å². The fourth-order valence-electron chi connectivity index (χ4n) is 0.667. The van der Waals surface area contributed by atoms with Gasteiger partial charge >= 0.3 is 0 Å². The van der Waals surface area contributed by atoms with E-state index >= 15 is 0 Å². The SMILES string of the molecule is CC(C)[Si]C(C)C.N. The van der Waals surface area contributed by atoms with Gasteiger partial charge in [-0.3, -0.25) is 0 Å². The van der Waals surface area contributed by atoms with Crippen LogP contribution in [-0.4, -0.2) is 9.52 Å². The minimum Gasteiger partial charge on any atom is -0.344 e. The number of rotatable bonds is 2. The molecule has 0 bridgehead atoms. The van der Waals surface area contributed by atoms with Crippen LogP contribution in [0.15, 0.2) is 0 Å². The average Bonchev–Trinajstić information content (AvgIpc) is 1.27. The zero-order valence-corrected chi connectivity index (χ0v) is 7.36. The van der Waals surface area contributed by atoms with E-state index in [-0.39, 0.29) is 6.15 Å². The Morgan fingerprint density at radius 1 is 0.875 bits per heavy atom. The second kappa shape index (κ2) is 5.32. The molecule has 50 valence electrons. The first-order valence-electron chi connectivity index (χ1n) is 2.89. The van der Waals surface area contributed by atoms with E-state index < -0.39 is 0 Å². The van der Waals surface area contributed by atoms with E-state index in [0.717, 1.165) is 20.6 Å². The highest BCUT2D eigenvalue weighted by Gasteiger charge is 1.97. The molecule has 0 amide bonds. The third kappa shape index (κ3) is 9.49. The van der Waals surface area contributed by atoms with E-state index in [1.54, 1.807) is 0 Å². The van der Waals surface area contributed by atoms with Crippen LogP contribution < -0.4 is 6.15 Å². The third-order valence-corrected chi connectivity index (χ3v) is 2.00. The van der Waals surface area contributed by atoms with Crippen LogP contribution in [0.3, 0.4) is 0 Å². The molecule has 0 fully saturated rings. The summed E-state index contributed by atoms with van der Waals surface area (Å²) in [6.07, 6.45) is 0. The molecule has 0 heterocycles. The summed E-state index contributed by atoms with van der Waals surface area (Å²) >= 11 is 0. The van der Waals surface area contributed by atoms with Crippen molar-refractivity contribution in [2.75, 3.05) is 0 Å². The van der Waals surface area contributed by atoms with Gasteiger partial charge in [-0.25, -0.2) is 0 Å². The van der Waals surface area contributed by atoms with Crippen molar-refractivity contribution < 1.29 is 0 Å². The molecule has 8 heavy (non-hydrogen) atoms. The highest BCUT2D eigenvalue weighted by atomic mass is 28.2. The first-order valence-corrected chi connectivity index (χ1v) is 4.04. The molecule has 0 saturated carbocycles. The van der Waals surface area contributed by atoms with E-state index in [9.17, 15) is 0 Å². The van der Waals surface area contributed by atoms with Gasteiger partial charge in [0.2, 0.25) is 0 Å². The van der Waals surface area contributed by atoms with E-state index in [2.05, 4.69) is 27.7 Å². The molecule has 0 saturated heterocycles. The largest absolute Gasteiger partial charge is 0.344 e. The zero-order valence-electron chi connectivity index (χ0n) is 6.36. The quantitative estimate of drug-likeness (QED) is 0.574. The van der Waals surface area contributed by atoms with Crippen LogP contribution in [0.4, 0.5) is 0 Å². The van der Waals surface area contributed by atoms with E-state index in [1.165, 1.54) is 0 Å². The van der Waals surface area contributed by atoms with Crippen molar-refractivity contribution in [1.29, 1.82) is 0 Å². The van der Waals surface area contributed by atoms with Crippen LogP contribution in [0, 0.1) is 0 Å². The minimum atomic E-state index is 0. The Morgan fingerprint density at radius 3 is 1.12 bits per heavy atom. The third-order valence-electron chi connectivity index (χ3n) is 0.667. The lowest BCUT2D eigenvalue weighted by Gasteiger charge is -2.03.